The van der Waals surface area contributed by atoms with Crippen LogP contribution in [0.3, 0.4) is 0 Å². The molecule has 1 aliphatic carbocycles. The van der Waals surface area contributed by atoms with E-state index in [-0.39, 0.29) is 23.6 Å². The highest BCUT2D eigenvalue weighted by molar-refractivity contribution is 6.30. The van der Waals surface area contributed by atoms with Crippen molar-refractivity contribution in [2.45, 2.75) is 51.0 Å². The first-order valence-corrected chi connectivity index (χ1v) is 10.9. The quantitative estimate of drug-likeness (QED) is 0.634. The molecule has 0 saturated heterocycles. The lowest BCUT2D eigenvalue weighted by Crippen LogP contribution is -2.35. The van der Waals surface area contributed by atoms with Crippen LogP contribution < -0.4 is 15.4 Å². The van der Waals surface area contributed by atoms with Gasteiger partial charge in [-0.25, -0.2) is 0 Å². The summed E-state index contributed by atoms with van der Waals surface area (Å²) in [6.45, 7) is 0. The number of carbonyl (C=O) groups is 2. The molecule has 5 nitrogen and oxygen atoms in total. The summed E-state index contributed by atoms with van der Waals surface area (Å²) >= 11 is 5.90. The first-order valence-electron chi connectivity index (χ1n) is 10.5. The maximum absolute atomic E-state index is 12.7. The largest absolute Gasteiger partial charge is 0.449 e. The van der Waals surface area contributed by atoms with Gasteiger partial charge in [0.2, 0.25) is 0 Å². The van der Waals surface area contributed by atoms with Gasteiger partial charge in [0.15, 0.2) is 11.5 Å². The topological polar surface area (TPSA) is 67.4 Å². The van der Waals surface area contributed by atoms with Crippen molar-refractivity contribution < 1.29 is 14.3 Å². The molecule has 2 amide bonds. The molecule has 2 N–H and O–H groups in total. The Morgan fingerprint density at radius 3 is 2.47 bits per heavy atom. The molecule has 4 rings (SSSR count). The summed E-state index contributed by atoms with van der Waals surface area (Å²) in [5.41, 5.74) is 1.83. The molecule has 156 valence electrons. The van der Waals surface area contributed by atoms with E-state index in [1.54, 1.807) is 36.4 Å². The van der Waals surface area contributed by atoms with Crippen LogP contribution in [0.25, 0.3) is 6.08 Å². The number of hydrogen-bond acceptors (Lipinski definition) is 3. The molecule has 1 heterocycles. The minimum atomic E-state index is -0.352. The van der Waals surface area contributed by atoms with Gasteiger partial charge < -0.3 is 15.4 Å². The van der Waals surface area contributed by atoms with E-state index in [1.165, 1.54) is 19.3 Å². The second kappa shape index (κ2) is 9.35. The zero-order valence-electron chi connectivity index (χ0n) is 16.7. The lowest BCUT2D eigenvalue weighted by Gasteiger charge is -2.23. The summed E-state index contributed by atoms with van der Waals surface area (Å²) < 4.78 is 5.78. The molecule has 1 aliphatic heterocycles. The predicted molar refractivity (Wildman–Crippen MR) is 119 cm³/mol. The van der Waals surface area contributed by atoms with E-state index >= 15 is 0 Å². The Morgan fingerprint density at radius 2 is 1.73 bits per heavy atom. The van der Waals surface area contributed by atoms with Gasteiger partial charge in [-0.3, -0.25) is 9.59 Å². The summed E-state index contributed by atoms with van der Waals surface area (Å²) in [7, 11) is 0. The molecule has 1 saturated carbocycles. The van der Waals surface area contributed by atoms with E-state index in [2.05, 4.69) is 10.6 Å². The van der Waals surface area contributed by atoms with Crippen LogP contribution >= 0.6 is 11.6 Å². The molecule has 0 bridgehead atoms. The van der Waals surface area contributed by atoms with Crippen LogP contribution in [0.15, 0.2) is 48.2 Å². The molecule has 0 atom stereocenters. The van der Waals surface area contributed by atoms with E-state index in [1.807, 2.05) is 12.1 Å². The maximum atomic E-state index is 12.7. The summed E-state index contributed by atoms with van der Waals surface area (Å²) in [6, 6.07) is 12.5. The maximum Gasteiger partial charge on any atom is 0.291 e. The Morgan fingerprint density at radius 1 is 1.03 bits per heavy atom. The Balaban J connectivity index is 1.46. The van der Waals surface area contributed by atoms with E-state index in [0.29, 0.717) is 22.0 Å². The smallest absolute Gasteiger partial charge is 0.291 e. The Labute approximate surface area is 181 Å². The first-order chi connectivity index (χ1) is 14.6. The summed E-state index contributed by atoms with van der Waals surface area (Å²) in [6.07, 6.45) is 9.78. The van der Waals surface area contributed by atoms with Crippen molar-refractivity contribution in [1.82, 2.24) is 5.32 Å². The second-order valence-electron chi connectivity index (χ2n) is 7.84. The number of carbonyl (C=O) groups excluding carboxylic acids is 2. The number of ether oxygens (including phenoxy) is 1. The number of hydrogen-bond donors (Lipinski definition) is 2. The Hall–Kier alpha value is -2.79. The third-order valence-electron chi connectivity index (χ3n) is 5.54. The molecule has 0 unspecified atom stereocenters. The van der Waals surface area contributed by atoms with Crippen molar-refractivity contribution in [3.8, 4) is 5.75 Å². The molecule has 2 aromatic carbocycles. The van der Waals surface area contributed by atoms with Crippen molar-refractivity contribution in [2.75, 3.05) is 5.32 Å². The molecule has 1 fully saturated rings. The highest BCUT2D eigenvalue weighted by atomic mass is 35.5. The molecule has 0 aromatic heterocycles. The molecule has 30 heavy (non-hydrogen) atoms. The standard InChI is InChI=1S/C24H25ClN2O3/c25-18-11-8-16(9-12-18)14-22-24(29)27-20-15-17(10-13-21(20)30-22)23(28)26-19-6-4-2-1-3-5-7-19/h8-15,19H,1-7H2,(H,26,28)(H,27,29). The monoisotopic (exact) mass is 424 g/mol. The average molecular weight is 425 g/mol. The summed E-state index contributed by atoms with van der Waals surface area (Å²) in [5.74, 6) is 0.240. The minimum Gasteiger partial charge on any atom is -0.449 e. The fourth-order valence-corrected chi connectivity index (χ4v) is 4.01. The van der Waals surface area contributed by atoms with Crippen molar-refractivity contribution in [2.24, 2.45) is 0 Å². The van der Waals surface area contributed by atoms with Gasteiger partial charge in [0, 0.05) is 16.6 Å². The van der Waals surface area contributed by atoms with Gasteiger partial charge in [0.25, 0.3) is 11.8 Å². The number of benzene rings is 2. The lowest BCUT2D eigenvalue weighted by molar-refractivity contribution is -0.115. The number of nitrogens with one attached hydrogen (secondary N) is 2. The number of rotatable bonds is 3. The second-order valence-corrected chi connectivity index (χ2v) is 8.28. The molecular weight excluding hydrogens is 400 g/mol. The third-order valence-corrected chi connectivity index (χ3v) is 5.79. The van der Waals surface area contributed by atoms with E-state index in [0.717, 1.165) is 31.2 Å². The third kappa shape index (κ3) is 5.03. The molecular formula is C24H25ClN2O3. The van der Waals surface area contributed by atoms with Gasteiger partial charge in [0.05, 0.1) is 5.69 Å². The van der Waals surface area contributed by atoms with Crippen molar-refractivity contribution in [3.05, 3.63) is 64.4 Å². The number of anilines is 1. The number of fused-ring (bicyclic) bond motifs is 1. The zero-order chi connectivity index (χ0) is 20.9. The van der Waals surface area contributed by atoms with E-state index < -0.39 is 0 Å². The number of amides is 2. The van der Waals surface area contributed by atoms with Crippen LogP contribution in [0.1, 0.15) is 60.9 Å². The van der Waals surface area contributed by atoms with Gasteiger partial charge in [-0.05, 0) is 54.8 Å². The van der Waals surface area contributed by atoms with Crippen LogP contribution in [0, 0.1) is 0 Å². The summed E-state index contributed by atoms with van der Waals surface area (Å²) in [4.78, 5) is 25.2. The van der Waals surface area contributed by atoms with Crippen molar-refractivity contribution >= 4 is 35.2 Å². The fraction of sp³-hybridized carbons (Fsp3) is 0.333. The van der Waals surface area contributed by atoms with E-state index in [9.17, 15) is 9.59 Å². The van der Waals surface area contributed by atoms with Gasteiger partial charge in [-0.1, -0.05) is 55.8 Å². The molecule has 0 radical (unpaired) electrons. The van der Waals surface area contributed by atoms with Gasteiger partial charge >= 0.3 is 0 Å². The number of halogens is 1. The molecule has 2 aromatic rings. The first kappa shape index (κ1) is 20.5. The van der Waals surface area contributed by atoms with Gasteiger partial charge in [-0.15, -0.1) is 0 Å². The Bertz CT molecular complexity index is 961. The van der Waals surface area contributed by atoms with Crippen LogP contribution in [0.5, 0.6) is 5.75 Å². The van der Waals surface area contributed by atoms with Crippen LogP contribution in [0.2, 0.25) is 5.02 Å². The lowest BCUT2D eigenvalue weighted by atomic mass is 9.96. The fourth-order valence-electron chi connectivity index (χ4n) is 3.88. The molecule has 6 heteroatoms. The summed E-state index contributed by atoms with van der Waals surface area (Å²) in [5, 5.41) is 6.60. The highest BCUT2D eigenvalue weighted by Crippen LogP contribution is 2.32. The highest BCUT2D eigenvalue weighted by Gasteiger charge is 2.24. The predicted octanol–water partition coefficient (Wildman–Crippen LogP) is 5.55. The average Bonchev–Trinajstić information content (AvgIpc) is 2.71. The van der Waals surface area contributed by atoms with E-state index in [4.69, 9.17) is 16.3 Å². The van der Waals surface area contributed by atoms with Gasteiger partial charge in [0.1, 0.15) is 0 Å². The Kier molecular flexibility index (Phi) is 6.38. The van der Waals surface area contributed by atoms with Crippen LogP contribution in [-0.2, 0) is 4.79 Å². The van der Waals surface area contributed by atoms with Crippen LogP contribution in [-0.4, -0.2) is 17.9 Å². The van der Waals surface area contributed by atoms with Gasteiger partial charge in [-0.2, -0.15) is 0 Å². The van der Waals surface area contributed by atoms with Crippen molar-refractivity contribution in [3.63, 3.8) is 0 Å². The molecule has 0 spiro atoms. The normalized spacial score (nSPS) is 18.6. The minimum absolute atomic E-state index is 0.111. The zero-order valence-corrected chi connectivity index (χ0v) is 17.5. The van der Waals surface area contributed by atoms with Crippen molar-refractivity contribution in [1.29, 1.82) is 0 Å². The SMILES string of the molecule is O=C1Nc2cc(C(=O)NC3CCCCCCC3)ccc2OC1=Cc1ccc(Cl)cc1. The van der Waals surface area contributed by atoms with Crippen LogP contribution in [0.4, 0.5) is 5.69 Å². The molecule has 2 aliphatic rings.